The second kappa shape index (κ2) is 13.2. The summed E-state index contributed by atoms with van der Waals surface area (Å²) in [6.07, 6.45) is -0.00804. The molecule has 3 N–H and O–H groups in total. The molecule has 1 atom stereocenters. The molecular weight excluding hydrogens is 586 g/mol. The lowest BCUT2D eigenvalue weighted by atomic mass is 10.1. The molecule has 3 aromatic carbocycles. The fraction of sp³-hybridized carbons (Fsp3) is 0.276. The van der Waals surface area contributed by atoms with Crippen molar-refractivity contribution in [2.24, 2.45) is 0 Å². The second-order valence-corrected chi connectivity index (χ2v) is 11.9. The van der Waals surface area contributed by atoms with E-state index in [1.54, 1.807) is 19.1 Å². The Labute approximate surface area is 248 Å². The summed E-state index contributed by atoms with van der Waals surface area (Å²) in [5.41, 5.74) is 1.25. The summed E-state index contributed by atoms with van der Waals surface area (Å²) in [7, 11) is -2.81. The van der Waals surface area contributed by atoms with Gasteiger partial charge in [0, 0.05) is 30.4 Å². The Balaban J connectivity index is 1.46. The molecule has 1 fully saturated rings. The summed E-state index contributed by atoms with van der Waals surface area (Å²) >= 11 is 6.33. The van der Waals surface area contributed by atoms with Crippen LogP contribution >= 0.6 is 11.6 Å². The van der Waals surface area contributed by atoms with Crippen molar-refractivity contribution >= 4 is 56.3 Å². The third-order valence-electron chi connectivity index (χ3n) is 6.74. The summed E-state index contributed by atoms with van der Waals surface area (Å²) in [5, 5.41) is 14.1. The Kier molecular flexibility index (Phi) is 9.71. The minimum absolute atomic E-state index is 0.00753. The first-order valence-corrected chi connectivity index (χ1v) is 15.0. The maximum absolute atomic E-state index is 13.4. The summed E-state index contributed by atoms with van der Waals surface area (Å²) < 4.78 is 36.7. The first-order valence-electron chi connectivity index (χ1n) is 13.0. The van der Waals surface area contributed by atoms with Crippen LogP contribution in [0.5, 0.6) is 5.75 Å². The number of ether oxygens (including phenoxy) is 2. The normalized spacial score (nSPS) is 14.1. The second-order valence-electron chi connectivity index (χ2n) is 9.40. The van der Waals surface area contributed by atoms with E-state index in [1.807, 2.05) is 0 Å². The number of hydrogen-bond acceptors (Lipinski definition) is 9. The van der Waals surface area contributed by atoms with Crippen molar-refractivity contribution in [3.05, 3.63) is 76.8 Å². The van der Waals surface area contributed by atoms with Crippen molar-refractivity contribution in [1.29, 1.82) is 0 Å². The molecule has 1 aliphatic heterocycles. The van der Waals surface area contributed by atoms with Crippen molar-refractivity contribution in [2.45, 2.75) is 23.5 Å². The number of rotatable bonds is 9. The lowest BCUT2D eigenvalue weighted by Gasteiger charge is -2.29. The van der Waals surface area contributed by atoms with E-state index < -0.39 is 38.6 Å². The quantitative estimate of drug-likeness (QED) is 0.238. The Morgan fingerprint density at radius 3 is 2.19 bits per heavy atom. The fourth-order valence-corrected chi connectivity index (χ4v) is 6.25. The molecule has 0 bridgehead atoms. The van der Waals surface area contributed by atoms with E-state index in [-0.39, 0.29) is 38.8 Å². The molecule has 13 heteroatoms. The number of hydrogen-bond donors (Lipinski definition) is 3. The Bertz CT molecular complexity index is 1570. The molecular formula is C29H30ClN3O8S. The summed E-state index contributed by atoms with van der Waals surface area (Å²) in [4.78, 5) is 39.5. The predicted molar refractivity (Wildman–Crippen MR) is 158 cm³/mol. The number of phenolic OH excluding ortho intramolecular Hbond substituents is 1. The van der Waals surface area contributed by atoms with Gasteiger partial charge in [-0.1, -0.05) is 18.5 Å². The van der Waals surface area contributed by atoms with Crippen LogP contribution in [0.25, 0.3) is 0 Å². The van der Waals surface area contributed by atoms with Gasteiger partial charge in [-0.25, -0.2) is 13.2 Å². The number of methoxy groups -OCH3 is 1. The Morgan fingerprint density at radius 2 is 1.60 bits per heavy atom. The lowest BCUT2D eigenvalue weighted by Crippen LogP contribution is -2.36. The van der Waals surface area contributed by atoms with E-state index in [4.69, 9.17) is 16.3 Å². The Hall–Kier alpha value is -4.13. The van der Waals surface area contributed by atoms with Crippen LogP contribution in [-0.2, 0) is 24.1 Å². The van der Waals surface area contributed by atoms with Gasteiger partial charge in [-0.2, -0.15) is 0 Å². The molecule has 1 unspecified atom stereocenters. The number of amides is 2. The van der Waals surface area contributed by atoms with Gasteiger partial charge < -0.3 is 30.1 Å². The molecule has 4 rings (SSSR count). The van der Waals surface area contributed by atoms with Crippen LogP contribution in [0.15, 0.2) is 65.6 Å². The van der Waals surface area contributed by atoms with Crippen LogP contribution in [-0.4, -0.2) is 70.0 Å². The average molecular weight is 616 g/mol. The standard InChI is InChI=1S/C29H30ClN3O8S/c1-3-26(42(38,39)21-10-8-20(9-11-21)33-12-14-41-15-13-33)28(36)31-23-17-25(34)24(16-22(23)30)32-27(35)18-4-6-19(7-5-18)29(37)40-2/h4-11,16-17,26,34H,3,12-15H2,1-2H3,(H,31,36)(H,32,35). The number of halogens is 1. The Morgan fingerprint density at radius 1 is 0.976 bits per heavy atom. The van der Waals surface area contributed by atoms with Crippen LogP contribution < -0.4 is 15.5 Å². The first-order chi connectivity index (χ1) is 20.0. The highest BCUT2D eigenvalue weighted by Crippen LogP contribution is 2.35. The number of sulfone groups is 1. The monoisotopic (exact) mass is 615 g/mol. The molecule has 2 amide bonds. The van der Waals surface area contributed by atoms with Crippen LogP contribution in [0.1, 0.15) is 34.1 Å². The molecule has 1 aliphatic rings. The van der Waals surface area contributed by atoms with Gasteiger partial charge in [0.2, 0.25) is 5.91 Å². The zero-order valence-corrected chi connectivity index (χ0v) is 24.5. The smallest absolute Gasteiger partial charge is 0.337 e. The van der Waals surface area contributed by atoms with Crippen molar-refractivity contribution in [3.8, 4) is 5.75 Å². The van der Waals surface area contributed by atoms with Gasteiger partial charge in [0.1, 0.15) is 11.0 Å². The molecule has 222 valence electrons. The van der Waals surface area contributed by atoms with E-state index >= 15 is 0 Å². The number of aromatic hydroxyl groups is 1. The van der Waals surface area contributed by atoms with Gasteiger partial charge in [0.15, 0.2) is 9.84 Å². The SMILES string of the molecule is CCC(C(=O)Nc1cc(O)c(NC(=O)c2ccc(C(=O)OC)cc2)cc1Cl)S(=O)(=O)c1ccc(N2CCOCC2)cc1. The van der Waals surface area contributed by atoms with Gasteiger partial charge in [-0.05, 0) is 61.0 Å². The van der Waals surface area contributed by atoms with E-state index in [9.17, 15) is 27.9 Å². The van der Waals surface area contributed by atoms with Crippen molar-refractivity contribution in [2.75, 3.05) is 48.9 Å². The highest BCUT2D eigenvalue weighted by Gasteiger charge is 2.33. The van der Waals surface area contributed by atoms with Gasteiger partial charge in [0.25, 0.3) is 5.91 Å². The summed E-state index contributed by atoms with van der Waals surface area (Å²) in [5.74, 6) is -2.38. The molecule has 0 aromatic heterocycles. The van der Waals surface area contributed by atoms with E-state index in [2.05, 4.69) is 20.3 Å². The minimum Gasteiger partial charge on any atom is -0.506 e. The van der Waals surface area contributed by atoms with E-state index in [1.165, 1.54) is 49.6 Å². The van der Waals surface area contributed by atoms with Crippen LogP contribution in [0.2, 0.25) is 5.02 Å². The maximum Gasteiger partial charge on any atom is 0.337 e. The number of nitrogens with zero attached hydrogens (tertiary/aromatic N) is 1. The predicted octanol–water partition coefficient (Wildman–Crippen LogP) is 4.11. The summed E-state index contributed by atoms with van der Waals surface area (Å²) in [6.45, 7) is 4.17. The number of nitrogens with one attached hydrogen (secondary N) is 2. The molecule has 11 nitrogen and oxygen atoms in total. The average Bonchev–Trinajstić information content (AvgIpc) is 3.00. The van der Waals surface area contributed by atoms with Gasteiger partial charge in [-0.15, -0.1) is 0 Å². The largest absolute Gasteiger partial charge is 0.506 e. The van der Waals surface area contributed by atoms with Crippen LogP contribution in [0.3, 0.4) is 0 Å². The molecule has 0 saturated carbocycles. The highest BCUT2D eigenvalue weighted by molar-refractivity contribution is 7.92. The number of esters is 1. The van der Waals surface area contributed by atoms with Crippen LogP contribution in [0.4, 0.5) is 17.1 Å². The van der Waals surface area contributed by atoms with Crippen molar-refractivity contribution < 1.29 is 37.4 Å². The van der Waals surface area contributed by atoms with E-state index in [0.717, 1.165) is 11.8 Å². The number of carbonyl (C=O) groups is 3. The minimum atomic E-state index is -4.05. The molecule has 1 saturated heterocycles. The van der Waals surface area contributed by atoms with Crippen molar-refractivity contribution in [3.63, 3.8) is 0 Å². The zero-order chi connectivity index (χ0) is 30.4. The summed E-state index contributed by atoms with van der Waals surface area (Å²) in [6, 6.07) is 14.4. The number of morpholine rings is 1. The number of benzene rings is 3. The van der Waals surface area contributed by atoms with Gasteiger partial charge in [-0.3, -0.25) is 9.59 Å². The molecule has 1 heterocycles. The van der Waals surface area contributed by atoms with Crippen LogP contribution in [0, 0.1) is 0 Å². The first kappa shape index (κ1) is 30.8. The van der Waals surface area contributed by atoms with Crippen molar-refractivity contribution in [1.82, 2.24) is 0 Å². The number of anilines is 3. The number of phenols is 1. The lowest BCUT2D eigenvalue weighted by molar-refractivity contribution is -0.115. The van der Waals surface area contributed by atoms with E-state index in [0.29, 0.717) is 26.3 Å². The fourth-order valence-electron chi connectivity index (χ4n) is 4.42. The topological polar surface area (TPSA) is 151 Å². The number of carbonyl (C=O) groups excluding carboxylic acids is 3. The van der Waals surface area contributed by atoms with Gasteiger partial charge in [0.05, 0.1) is 47.2 Å². The molecule has 3 aromatic rings. The highest BCUT2D eigenvalue weighted by atomic mass is 35.5. The maximum atomic E-state index is 13.4. The molecule has 0 aliphatic carbocycles. The third-order valence-corrected chi connectivity index (χ3v) is 9.28. The molecule has 0 radical (unpaired) electrons. The molecule has 0 spiro atoms. The zero-order valence-electron chi connectivity index (χ0n) is 22.9. The molecule has 42 heavy (non-hydrogen) atoms. The van der Waals surface area contributed by atoms with Gasteiger partial charge >= 0.3 is 5.97 Å². The third kappa shape index (κ3) is 6.84.